The summed E-state index contributed by atoms with van der Waals surface area (Å²) >= 11 is 0. The van der Waals surface area contributed by atoms with E-state index < -0.39 is 0 Å². The monoisotopic (exact) mass is 292 g/mol. The largest absolute Gasteiger partial charge is 0.493 e. The highest BCUT2D eigenvalue weighted by Crippen LogP contribution is 2.27. The van der Waals surface area contributed by atoms with Gasteiger partial charge >= 0.3 is 0 Å². The number of benzene rings is 1. The fourth-order valence-electron chi connectivity index (χ4n) is 2.66. The molecule has 1 aromatic rings. The molecule has 0 bridgehead atoms. The van der Waals surface area contributed by atoms with Crippen molar-refractivity contribution in [3.05, 3.63) is 23.8 Å². The van der Waals surface area contributed by atoms with Gasteiger partial charge in [-0.2, -0.15) is 0 Å². The van der Waals surface area contributed by atoms with E-state index in [1.165, 1.54) is 0 Å². The van der Waals surface area contributed by atoms with Gasteiger partial charge in [-0.15, -0.1) is 0 Å². The first-order valence-electron chi connectivity index (χ1n) is 7.29. The minimum Gasteiger partial charge on any atom is -0.493 e. The van der Waals surface area contributed by atoms with Gasteiger partial charge in [0.2, 0.25) is 5.91 Å². The molecule has 2 N–H and O–H groups in total. The molecule has 0 atom stereocenters. The Bertz CT molecular complexity index is 496. The quantitative estimate of drug-likeness (QED) is 0.863. The number of methoxy groups -OCH3 is 2. The van der Waals surface area contributed by atoms with E-state index in [2.05, 4.69) is 17.6 Å². The molecule has 5 heteroatoms. The number of carbonyl (C=O) groups excluding carboxylic acids is 1. The lowest BCUT2D eigenvalue weighted by Crippen LogP contribution is -2.52. The van der Waals surface area contributed by atoms with Crippen molar-refractivity contribution in [2.45, 2.75) is 31.7 Å². The van der Waals surface area contributed by atoms with E-state index in [4.69, 9.17) is 9.47 Å². The highest BCUT2D eigenvalue weighted by Gasteiger charge is 2.28. The number of rotatable bonds is 5. The Hall–Kier alpha value is -1.75. The van der Waals surface area contributed by atoms with Crippen LogP contribution in [0.5, 0.6) is 11.5 Å². The Morgan fingerprint density at radius 2 is 1.90 bits per heavy atom. The maximum Gasteiger partial charge on any atom is 0.224 e. The first-order valence-corrected chi connectivity index (χ1v) is 7.29. The molecule has 1 aromatic carbocycles. The second kappa shape index (κ2) is 6.80. The van der Waals surface area contributed by atoms with Crippen LogP contribution in [0.15, 0.2) is 18.2 Å². The summed E-state index contributed by atoms with van der Waals surface area (Å²) in [4.78, 5) is 12.2. The number of nitrogens with one attached hydrogen (secondary N) is 2. The number of hydrogen-bond donors (Lipinski definition) is 2. The summed E-state index contributed by atoms with van der Waals surface area (Å²) in [7, 11) is 3.19. The van der Waals surface area contributed by atoms with Crippen molar-refractivity contribution in [3.8, 4) is 11.5 Å². The maximum absolute atomic E-state index is 12.2. The molecule has 0 saturated carbocycles. The topological polar surface area (TPSA) is 59.6 Å². The van der Waals surface area contributed by atoms with Gasteiger partial charge in [-0.1, -0.05) is 6.07 Å². The van der Waals surface area contributed by atoms with Crippen molar-refractivity contribution in [1.29, 1.82) is 0 Å². The molecule has 0 radical (unpaired) electrons. The smallest absolute Gasteiger partial charge is 0.224 e. The normalized spacial score (nSPS) is 17.1. The van der Waals surface area contributed by atoms with Crippen LogP contribution in [0.3, 0.4) is 0 Å². The van der Waals surface area contributed by atoms with Gasteiger partial charge in [0.25, 0.3) is 0 Å². The number of piperidine rings is 1. The molecular weight excluding hydrogens is 268 g/mol. The molecule has 2 rings (SSSR count). The summed E-state index contributed by atoms with van der Waals surface area (Å²) in [6, 6.07) is 5.57. The first kappa shape index (κ1) is 15.6. The third-order valence-electron chi connectivity index (χ3n) is 3.96. The van der Waals surface area contributed by atoms with Gasteiger partial charge in [0, 0.05) is 5.54 Å². The van der Waals surface area contributed by atoms with Crippen molar-refractivity contribution in [3.63, 3.8) is 0 Å². The summed E-state index contributed by atoms with van der Waals surface area (Å²) in [5.41, 5.74) is 0.821. The SMILES string of the molecule is COc1ccc(CC(=O)NC2(C)CCNCC2)cc1OC. The van der Waals surface area contributed by atoms with Crippen LogP contribution >= 0.6 is 0 Å². The Labute approximate surface area is 126 Å². The summed E-state index contributed by atoms with van der Waals surface area (Å²) in [5.74, 6) is 1.37. The van der Waals surface area contributed by atoms with Crippen molar-refractivity contribution >= 4 is 5.91 Å². The van der Waals surface area contributed by atoms with E-state index in [-0.39, 0.29) is 11.4 Å². The molecule has 5 nitrogen and oxygen atoms in total. The highest BCUT2D eigenvalue weighted by molar-refractivity contribution is 5.79. The van der Waals surface area contributed by atoms with Gasteiger partial charge in [-0.3, -0.25) is 4.79 Å². The zero-order valence-corrected chi connectivity index (χ0v) is 13.0. The third kappa shape index (κ3) is 4.11. The first-order chi connectivity index (χ1) is 10.1. The van der Waals surface area contributed by atoms with Gasteiger partial charge in [0.1, 0.15) is 0 Å². The fourth-order valence-corrected chi connectivity index (χ4v) is 2.66. The molecule has 0 aliphatic carbocycles. The van der Waals surface area contributed by atoms with Crippen LogP contribution in [0.2, 0.25) is 0 Å². The second-order valence-electron chi connectivity index (χ2n) is 5.72. The fraction of sp³-hybridized carbons (Fsp3) is 0.562. The van der Waals surface area contributed by atoms with E-state index in [1.807, 2.05) is 18.2 Å². The van der Waals surface area contributed by atoms with Crippen LogP contribution < -0.4 is 20.1 Å². The van der Waals surface area contributed by atoms with E-state index in [9.17, 15) is 4.79 Å². The molecule has 1 aliphatic heterocycles. The lowest BCUT2D eigenvalue weighted by Gasteiger charge is -2.35. The van der Waals surface area contributed by atoms with Crippen LogP contribution in [-0.2, 0) is 11.2 Å². The molecule has 116 valence electrons. The van der Waals surface area contributed by atoms with Crippen molar-refractivity contribution in [1.82, 2.24) is 10.6 Å². The Kier molecular flexibility index (Phi) is 5.07. The molecule has 0 spiro atoms. The molecule has 1 heterocycles. The minimum absolute atomic E-state index is 0.0478. The Morgan fingerprint density at radius 1 is 1.24 bits per heavy atom. The average molecular weight is 292 g/mol. The molecule has 1 aliphatic rings. The minimum atomic E-state index is -0.0983. The summed E-state index contributed by atoms with van der Waals surface area (Å²) in [6.07, 6.45) is 2.28. The van der Waals surface area contributed by atoms with Gasteiger partial charge in [-0.25, -0.2) is 0 Å². The zero-order valence-electron chi connectivity index (χ0n) is 13.0. The summed E-state index contributed by atoms with van der Waals surface area (Å²) < 4.78 is 10.5. The number of hydrogen-bond acceptors (Lipinski definition) is 4. The van der Waals surface area contributed by atoms with E-state index in [0.717, 1.165) is 31.5 Å². The van der Waals surface area contributed by atoms with E-state index in [1.54, 1.807) is 14.2 Å². The third-order valence-corrected chi connectivity index (χ3v) is 3.96. The lowest BCUT2D eigenvalue weighted by molar-refractivity contribution is -0.122. The zero-order chi connectivity index (χ0) is 15.3. The summed E-state index contributed by atoms with van der Waals surface area (Å²) in [6.45, 7) is 4.01. The highest BCUT2D eigenvalue weighted by atomic mass is 16.5. The summed E-state index contributed by atoms with van der Waals surface area (Å²) in [5, 5.41) is 6.47. The Morgan fingerprint density at radius 3 is 2.52 bits per heavy atom. The maximum atomic E-state index is 12.2. The van der Waals surface area contributed by atoms with E-state index >= 15 is 0 Å². The van der Waals surface area contributed by atoms with Crippen molar-refractivity contribution in [2.75, 3.05) is 27.3 Å². The molecule has 0 aromatic heterocycles. The van der Waals surface area contributed by atoms with Crippen LogP contribution in [0, 0.1) is 0 Å². The van der Waals surface area contributed by atoms with Gasteiger partial charge < -0.3 is 20.1 Å². The van der Waals surface area contributed by atoms with Gasteiger partial charge in [-0.05, 0) is 50.6 Å². The van der Waals surface area contributed by atoms with Crippen LogP contribution in [0.4, 0.5) is 0 Å². The molecule has 1 fully saturated rings. The average Bonchev–Trinajstić information content (AvgIpc) is 2.47. The van der Waals surface area contributed by atoms with Crippen molar-refractivity contribution in [2.24, 2.45) is 0 Å². The molecule has 21 heavy (non-hydrogen) atoms. The molecule has 1 amide bonds. The van der Waals surface area contributed by atoms with Crippen LogP contribution in [-0.4, -0.2) is 38.8 Å². The number of ether oxygens (including phenoxy) is 2. The Balaban J connectivity index is 1.99. The number of amides is 1. The van der Waals surface area contributed by atoms with Crippen molar-refractivity contribution < 1.29 is 14.3 Å². The predicted molar refractivity (Wildman–Crippen MR) is 81.9 cm³/mol. The molecule has 1 saturated heterocycles. The van der Waals surface area contributed by atoms with Crippen LogP contribution in [0.25, 0.3) is 0 Å². The van der Waals surface area contributed by atoms with E-state index in [0.29, 0.717) is 17.9 Å². The predicted octanol–water partition coefficient (Wildman–Crippen LogP) is 1.50. The van der Waals surface area contributed by atoms with Gasteiger partial charge in [0.15, 0.2) is 11.5 Å². The molecule has 0 unspecified atom stereocenters. The second-order valence-corrected chi connectivity index (χ2v) is 5.72. The van der Waals surface area contributed by atoms with Crippen LogP contribution in [0.1, 0.15) is 25.3 Å². The number of carbonyl (C=O) groups is 1. The molecular formula is C16H24N2O3. The van der Waals surface area contributed by atoms with Gasteiger partial charge in [0.05, 0.1) is 20.6 Å². The standard InChI is InChI=1S/C16H24N2O3/c1-16(6-8-17-9-7-16)18-15(19)11-12-4-5-13(20-2)14(10-12)21-3/h4-5,10,17H,6-9,11H2,1-3H3,(H,18,19). The lowest BCUT2D eigenvalue weighted by atomic mass is 9.90.